The van der Waals surface area contributed by atoms with Gasteiger partial charge in [0.25, 0.3) is 0 Å². The molecule has 0 aliphatic heterocycles. The molecular weight excluding hydrogens is 305 g/mol. The second-order valence-corrected chi connectivity index (χ2v) is 6.49. The minimum atomic E-state index is -0.332. The third-order valence-electron chi connectivity index (χ3n) is 4.98. The number of hydrogen-bond acceptors (Lipinski definition) is 3. The summed E-state index contributed by atoms with van der Waals surface area (Å²) in [7, 11) is 0. The number of imidazole rings is 1. The van der Waals surface area contributed by atoms with Crippen molar-refractivity contribution >= 4 is 16.7 Å². The summed E-state index contributed by atoms with van der Waals surface area (Å²) in [5, 5.41) is 0.912. The van der Waals surface area contributed by atoms with Gasteiger partial charge in [-0.2, -0.15) is 0 Å². The molecule has 0 unspecified atom stereocenters. The summed E-state index contributed by atoms with van der Waals surface area (Å²) in [6, 6.07) is 1.52. The Kier molecular flexibility index (Phi) is 2.77. The van der Waals surface area contributed by atoms with Crippen LogP contribution in [0.5, 0.6) is 0 Å². The van der Waals surface area contributed by atoms with Gasteiger partial charge >= 0.3 is 0 Å². The van der Waals surface area contributed by atoms with Gasteiger partial charge in [-0.25, -0.2) is 19.3 Å². The van der Waals surface area contributed by atoms with E-state index in [2.05, 4.69) is 19.9 Å². The second-order valence-electron chi connectivity index (χ2n) is 6.49. The Morgan fingerprint density at radius 1 is 1.25 bits per heavy atom. The molecule has 1 N–H and O–H groups in total. The van der Waals surface area contributed by atoms with Crippen molar-refractivity contribution in [1.82, 2.24) is 24.3 Å². The van der Waals surface area contributed by atoms with E-state index in [0.29, 0.717) is 11.6 Å². The van der Waals surface area contributed by atoms with Crippen LogP contribution in [0.4, 0.5) is 4.39 Å². The van der Waals surface area contributed by atoms with Gasteiger partial charge in [0.2, 0.25) is 0 Å². The molecule has 0 saturated heterocycles. The molecular formula is C18H16FN5. The van der Waals surface area contributed by atoms with Crippen LogP contribution < -0.4 is 0 Å². The Balaban J connectivity index is 1.67. The third kappa shape index (κ3) is 1.89. The molecule has 0 aromatic carbocycles. The lowest BCUT2D eigenvalue weighted by molar-refractivity contribution is 0.402. The molecule has 0 bridgehead atoms. The molecule has 1 aliphatic carbocycles. The summed E-state index contributed by atoms with van der Waals surface area (Å²) in [6.45, 7) is 1.91. The Hall–Kier alpha value is -2.76. The van der Waals surface area contributed by atoms with Gasteiger partial charge in [-0.3, -0.25) is 0 Å². The summed E-state index contributed by atoms with van der Waals surface area (Å²) < 4.78 is 16.1. The van der Waals surface area contributed by atoms with Crippen molar-refractivity contribution in [2.24, 2.45) is 0 Å². The minimum absolute atomic E-state index is 0.332. The summed E-state index contributed by atoms with van der Waals surface area (Å²) >= 11 is 0. The molecule has 4 aromatic heterocycles. The average Bonchev–Trinajstić information content (AvgIpc) is 3.10. The Morgan fingerprint density at radius 3 is 2.92 bits per heavy atom. The molecule has 6 heteroatoms. The van der Waals surface area contributed by atoms with Crippen molar-refractivity contribution in [2.75, 3.05) is 0 Å². The molecule has 5 rings (SSSR count). The lowest BCUT2D eigenvalue weighted by Gasteiger charge is -2.23. The minimum Gasteiger partial charge on any atom is -0.345 e. The van der Waals surface area contributed by atoms with Crippen LogP contribution in [0.1, 0.15) is 36.7 Å². The Labute approximate surface area is 137 Å². The first-order chi connectivity index (χ1) is 11.7. The van der Waals surface area contributed by atoms with Crippen LogP contribution >= 0.6 is 0 Å². The Bertz CT molecular complexity index is 1070. The quantitative estimate of drug-likeness (QED) is 0.607. The van der Waals surface area contributed by atoms with Crippen LogP contribution in [-0.2, 0) is 0 Å². The predicted molar refractivity (Wildman–Crippen MR) is 89.4 cm³/mol. The van der Waals surface area contributed by atoms with Crippen LogP contribution in [0.15, 0.2) is 30.9 Å². The van der Waals surface area contributed by atoms with E-state index in [0.717, 1.165) is 33.7 Å². The zero-order chi connectivity index (χ0) is 16.3. The van der Waals surface area contributed by atoms with Crippen LogP contribution in [0.3, 0.4) is 0 Å². The smallest absolute Gasteiger partial charge is 0.173 e. The summed E-state index contributed by atoms with van der Waals surface area (Å²) in [4.78, 5) is 16.5. The van der Waals surface area contributed by atoms with E-state index < -0.39 is 0 Å². The fourth-order valence-electron chi connectivity index (χ4n) is 3.33. The molecule has 0 spiro atoms. The van der Waals surface area contributed by atoms with Gasteiger partial charge in [0.1, 0.15) is 11.5 Å². The molecule has 120 valence electrons. The van der Waals surface area contributed by atoms with Gasteiger partial charge in [0, 0.05) is 52.9 Å². The molecule has 4 aromatic rings. The number of aromatic nitrogens is 5. The van der Waals surface area contributed by atoms with Gasteiger partial charge in [0.15, 0.2) is 11.5 Å². The molecule has 5 nitrogen and oxygen atoms in total. The van der Waals surface area contributed by atoms with Crippen LogP contribution in [0.2, 0.25) is 0 Å². The van der Waals surface area contributed by atoms with Crippen molar-refractivity contribution in [3.05, 3.63) is 48.2 Å². The van der Waals surface area contributed by atoms with E-state index in [9.17, 15) is 4.39 Å². The van der Waals surface area contributed by atoms with E-state index in [1.807, 2.05) is 25.5 Å². The van der Waals surface area contributed by atoms with E-state index >= 15 is 0 Å². The molecule has 1 saturated carbocycles. The molecule has 24 heavy (non-hydrogen) atoms. The van der Waals surface area contributed by atoms with Crippen LogP contribution in [0.25, 0.3) is 27.8 Å². The van der Waals surface area contributed by atoms with Gasteiger partial charge < -0.3 is 9.38 Å². The molecule has 0 amide bonds. The third-order valence-corrected chi connectivity index (χ3v) is 4.98. The fraction of sp³-hybridized carbons (Fsp3) is 0.278. The van der Waals surface area contributed by atoms with Gasteiger partial charge in [0.05, 0.1) is 0 Å². The van der Waals surface area contributed by atoms with E-state index in [-0.39, 0.29) is 5.82 Å². The highest BCUT2D eigenvalue weighted by Gasteiger charge is 2.23. The summed E-state index contributed by atoms with van der Waals surface area (Å²) in [6.07, 6.45) is 10.9. The van der Waals surface area contributed by atoms with Gasteiger partial charge in [-0.05, 0) is 25.8 Å². The highest BCUT2D eigenvalue weighted by Crippen LogP contribution is 2.35. The maximum Gasteiger partial charge on any atom is 0.173 e. The van der Waals surface area contributed by atoms with E-state index in [1.54, 1.807) is 10.6 Å². The summed E-state index contributed by atoms with van der Waals surface area (Å²) in [5.74, 6) is 1.07. The lowest BCUT2D eigenvalue weighted by Crippen LogP contribution is -2.12. The van der Waals surface area contributed by atoms with Crippen molar-refractivity contribution < 1.29 is 4.39 Å². The first-order valence-electron chi connectivity index (χ1n) is 8.18. The van der Waals surface area contributed by atoms with Crippen LogP contribution in [-0.4, -0.2) is 24.3 Å². The zero-order valence-electron chi connectivity index (χ0n) is 13.3. The number of halogens is 1. The number of nitrogens with zero attached hydrogens (tertiary/aromatic N) is 4. The molecule has 4 heterocycles. The second kappa shape index (κ2) is 4.87. The number of aryl methyl sites for hydroxylation is 1. The maximum absolute atomic E-state index is 14.4. The molecule has 1 aliphatic rings. The largest absolute Gasteiger partial charge is 0.345 e. The lowest BCUT2D eigenvalue weighted by atomic mass is 9.85. The van der Waals surface area contributed by atoms with E-state index in [1.165, 1.54) is 25.3 Å². The van der Waals surface area contributed by atoms with Crippen molar-refractivity contribution in [3.8, 4) is 11.1 Å². The topological polar surface area (TPSA) is 58.9 Å². The van der Waals surface area contributed by atoms with Crippen molar-refractivity contribution in [1.29, 1.82) is 0 Å². The molecule has 1 fully saturated rings. The SMILES string of the molecule is Cc1cnc2c(F)cc(-c3c[nH]c4nc(C5CCC5)ncc34)cn12. The van der Waals surface area contributed by atoms with Crippen molar-refractivity contribution in [2.45, 2.75) is 32.1 Å². The Morgan fingerprint density at radius 2 is 2.12 bits per heavy atom. The average molecular weight is 321 g/mol. The van der Waals surface area contributed by atoms with Crippen LogP contribution in [0, 0.1) is 12.7 Å². The maximum atomic E-state index is 14.4. The van der Waals surface area contributed by atoms with E-state index in [4.69, 9.17) is 0 Å². The molecule has 0 radical (unpaired) electrons. The first kappa shape index (κ1) is 13.7. The molecule has 0 atom stereocenters. The number of fused-ring (bicyclic) bond motifs is 2. The number of aromatic amines is 1. The monoisotopic (exact) mass is 321 g/mol. The standard InChI is InChI=1S/C18H16FN5/c1-10-6-22-18-15(19)5-12(9-24(10)18)13-7-21-17-14(13)8-20-16(23-17)11-3-2-4-11/h5-9,11H,2-4H2,1H3,(H,20,21,23). The van der Waals surface area contributed by atoms with Crippen molar-refractivity contribution in [3.63, 3.8) is 0 Å². The number of rotatable bonds is 2. The normalized spacial score (nSPS) is 15.2. The number of pyridine rings is 1. The number of hydrogen-bond donors (Lipinski definition) is 1. The highest BCUT2D eigenvalue weighted by atomic mass is 19.1. The number of nitrogens with one attached hydrogen (secondary N) is 1. The fourth-order valence-corrected chi connectivity index (χ4v) is 3.33. The van der Waals surface area contributed by atoms with Gasteiger partial charge in [-0.15, -0.1) is 0 Å². The summed E-state index contributed by atoms with van der Waals surface area (Å²) in [5.41, 5.74) is 3.74. The van der Waals surface area contributed by atoms with Gasteiger partial charge in [-0.1, -0.05) is 6.42 Å². The predicted octanol–water partition coefficient (Wildman–Crippen LogP) is 3.99. The number of H-pyrrole nitrogens is 1. The zero-order valence-corrected chi connectivity index (χ0v) is 13.3. The highest BCUT2D eigenvalue weighted by molar-refractivity contribution is 5.93. The first-order valence-corrected chi connectivity index (χ1v) is 8.18.